The molecule has 0 unspecified atom stereocenters. The molecule has 0 amide bonds. The van der Waals surface area contributed by atoms with Crippen LogP contribution in [0.15, 0.2) is 4.90 Å². The second-order valence-electron chi connectivity index (χ2n) is 5.19. The Balaban J connectivity index is 2.17. The van der Waals surface area contributed by atoms with Crippen LogP contribution in [0.5, 0.6) is 0 Å². The van der Waals surface area contributed by atoms with Crippen LogP contribution >= 0.6 is 0 Å². The number of aryl methyl sites for hydroxylation is 2. The van der Waals surface area contributed by atoms with Crippen molar-refractivity contribution in [1.29, 1.82) is 0 Å². The van der Waals surface area contributed by atoms with Gasteiger partial charge in [0.15, 0.2) is 0 Å². The van der Waals surface area contributed by atoms with Gasteiger partial charge in [-0.05, 0) is 20.3 Å². The molecule has 9 heteroatoms. The molecule has 2 heterocycles. The van der Waals surface area contributed by atoms with E-state index in [0.29, 0.717) is 44.0 Å². The van der Waals surface area contributed by atoms with E-state index in [9.17, 15) is 13.2 Å². The Hall–Kier alpha value is -1.45. The average molecular weight is 316 g/mol. The number of aromatic nitrogens is 2. The van der Waals surface area contributed by atoms with E-state index in [1.807, 2.05) is 0 Å². The van der Waals surface area contributed by atoms with Crippen molar-refractivity contribution in [3.8, 4) is 0 Å². The highest BCUT2D eigenvalue weighted by Gasteiger charge is 2.31. The minimum absolute atomic E-state index is 0.0579. The number of hydrogen-bond acceptors (Lipinski definition) is 5. The van der Waals surface area contributed by atoms with Crippen molar-refractivity contribution in [3.05, 3.63) is 11.4 Å². The third-order valence-corrected chi connectivity index (χ3v) is 5.73. The number of carboxylic acid groups (broad SMARTS) is 1. The number of aromatic amines is 1. The van der Waals surface area contributed by atoms with E-state index >= 15 is 0 Å². The molecule has 1 saturated heterocycles. The molecule has 1 fully saturated rings. The first-order valence-electron chi connectivity index (χ1n) is 6.78. The number of hydrogen-bond donors (Lipinski definition) is 2. The third kappa shape index (κ3) is 3.42. The molecule has 0 aliphatic carbocycles. The summed E-state index contributed by atoms with van der Waals surface area (Å²) in [4.78, 5) is 12.7. The van der Waals surface area contributed by atoms with Crippen molar-refractivity contribution >= 4 is 16.0 Å². The molecule has 8 nitrogen and oxygen atoms in total. The molecule has 2 rings (SSSR count). The summed E-state index contributed by atoms with van der Waals surface area (Å²) in [7, 11) is -3.59. The first kappa shape index (κ1) is 15.9. The van der Waals surface area contributed by atoms with Crippen molar-refractivity contribution in [2.45, 2.75) is 25.2 Å². The minimum atomic E-state index is -3.59. The number of nitrogens with one attached hydrogen (secondary N) is 1. The summed E-state index contributed by atoms with van der Waals surface area (Å²) in [6.07, 6.45) is 0.614. The quantitative estimate of drug-likeness (QED) is 0.797. The van der Waals surface area contributed by atoms with Crippen molar-refractivity contribution in [2.24, 2.45) is 0 Å². The highest BCUT2D eigenvalue weighted by atomic mass is 32.2. The van der Waals surface area contributed by atoms with Crippen LogP contribution in [0.4, 0.5) is 0 Å². The van der Waals surface area contributed by atoms with Crippen LogP contribution in [0.25, 0.3) is 0 Å². The van der Waals surface area contributed by atoms with Crippen molar-refractivity contribution in [1.82, 2.24) is 19.4 Å². The molecule has 118 valence electrons. The highest BCUT2D eigenvalue weighted by Crippen LogP contribution is 2.22. The number of rotatable bonds is 4. The number of carboxylic acids is 1. The van der Waals surface area contributed by atoms with Crippen LogP contribution in [-0.2, 0) is 14.8 Å². The zero-order chi connectivity index (χ0) is 15.6. The van der Waals surface area contributed by atoms with E-state index in [0.717, 1.165) is 0 Å². The summed E-state index contributed by atoms with van der Waals surface area (Å²) < 4.78 is 26.8. The van der Waals surface area contributed by atoms with Crippen LogP contribution in [0.2, 0.25) is 0 Å². The van der Waals surface area contributed by atoms with Crippen LogP contribution in [0, 0.1) is 13.8 Å². The van der Waals surface area contributed by atoms with Crippen molar-refractivity contribution in [3.63, 3.8) is 0 Å². The molecule has 1 aromatic heterocycles. The zero-order valence-electron chi connectivity index (χ0n) is 12.2. The van der Waals surface area contributed by atoms with Crippen LogP contribution in [0.1, 0.15) is 17.8 Å². The lowest BCUT2D eigenvalue weighted by Crippen LogP contribution is -2.37. The van der Waals surface area contributed by atoms with Gasteiger partial charge in [-0.25, -0.2) is 8.42 Å². The first-order valence-corrected chi connectivity index (χ1v) is 8.22. The van der Waals surface area contributed by atoms with Gasteiger partial charge in [0.25, 0.3) is 0 Å². The van der Waals surface area contributed by atoms with Gasteiger partial charge in [0, 0.05) is 26.2 Å². The van der Waals surface area contributed by atoms with Gasteiger partial charge in [0.2, 0.25) is 10.0 Å². The summed E-state index contributed by atoms with van der Waals surface area (Å²) in [5, 5.41) is 15.4. The topological polar surface area (TPSA) is 107 Å². The highest BCUT2D eigenvalue weighted by molar-refractivity contribution is 7.89. The number of carbonyl (C=O) groups is 1. The molecular weight excluding hydrogens is 296 g/mol. The maximum Gasteiger partial charge on any atom is 0.317 e. The largest absolute Gasteiger partial charge is 0.480 e. The lowest BCUT2D eigenvalue weighted by molar-refractivity contribution is -0.138. The number of sulfonamides is 1. The van der Waals surface area contributed by atoms with E-state index in [1.54, 1.807) is 18.7 Å². The monoisotopic (exact) mass is 316 g/mol. The van der Waals surface area contributed by atoms with Gasteiger partial charge in [0.05, 0.1) is 17.9 Å². The molecule has 0 aromatic carbocycles. The summed E-state index contributed by atoms with van der Waals surface area (Å²) in [6.45, 7) is 4.97. The SMILES string of the molecule is Cc1n[nH]c(C)c1S(=O)(=O)N1CCCN(CC(=O)O)CC1. The van der Waals surface area contributed by atoms with Gasteiger partial charge in [-0.15, -0.1) is 0 Å². The predicted molar refractivity (Wildman–Crippen MR) is 75.5 cm³/mol. The smallest absolute Gasteiger partial charge is 0.317 e. The third-order valence-electron chi connectivity index (χ3n) is 3.56. The Bertz CT molecular complexity index is 606. The molecule has 0 bridgehead atoms. The first-order chi connectivity index (χ1) is 9.82. The molecule has 0 atom stereocenters. The lowest BCUT2D eigenvalue weighted by Gasteiger charge is -2.20. The number of nitrogens with zero attached hydrogens (tertiary/aromatic N) is 3. The molecule has 1 aromatic rings. The number of aliphatic carboxylic acids is 1. The molecule has 1 aliphatic heterocycles. The molecule has 1 aliphatic rings. The maximum absolute atomic E-state index is 12.7. The van der Waals surface area contributed by atoms with E-state index in [4.69, 9.17) is 5.11 Å². The van der Waals surface area contributed by atoms with Crippen LogP contribution in [-0.4, -0.2) is 71.6 Å². The Morgan fingerprint density at radius 3 is 2.57 bits per heavy atom. The van der Waals surface area contributed by atoms with Crippen LogP contribution < -0.4 is 0 Å². The molecule has 0 spiro atoms. The van der Waals surface area contributed by atoms with Gasteiger partial charge in [-0.3, -0.25) is 14.8 Å². The standard InChI is InChI=1S/C12H20N4O4S/c1-9-12(10(2)14-13-9)21(19,20)16-5-3-4-15(6-7-16)8-11(17)18/h3-8H2,1-2H3,(H,13,14)(H,17,18). The Morgan fingerprint density at radius 2 is 2.00 bits per heavy atom. The van der Waals surface area contributed by atoms with E-state index in [-0.39, 0.29) is 11.4 Å². The number of H-pyrrole nitrogens is 1. The van der Waals surface area contributed by atoms with Gasteiger partial charge < -0.3 is 5.11 Å². The normalized spacial score (nSPS) is 18.6. The zero-order valence-corrected chi connectivity index (χ0v) is 13.0. The average Bonchev–Trinajstić information content (AvgIpc) is 2.60. The van der Waals surface area contributed by atoms with E-state index < -0.39 is 16.0 Å². The Morgan fingerprint density at radius 1 is 1.29 bits per heavy atom. The summed E-state index contributed by atoms with van der Waals surface area (Å²) >= 11 is 0. The second kappa shape index (κ2) is 6.12. The van der Waals surface area contributed by atoms with Crippen molar-refractivity contribution in [2.75, 3.05) is 32.7 Å². The van der Waals surface area contributed by atoms with Gasteiger partial charge >= 0.3 is 5.97 Å². The van der Waals surface area contributed by atoms with Crippen molar-refractivity contribution < 1.29 is 18.3 Å². The minimum Gasteiger partial charge on any atom is -0.480 e. The van der Waals surface area contributed by atoms with Gasteiger partial charge in [-0.1, -0.05) is 0 Å². The molecule has 0 saturated carbocycles. The maximum atomic E-state index is 12.7. The lowest BCUT2D eigenvalue weighted by atomic mass is 10.4. The van der Waals surface area contributed by atoms with Gasteiger partial charge in [0.1, 0.15) is 4.90 Å². The summed E-state index contributed by atoms with van der Waals surface area (Å²) in [5.74, 6) is -0.896. The predicted octanol–water partition coefficient (Wildman–Crippen LogP) is -0.192. The molecule has 2 N–H and O–H groups in total. The van der Waals surface area contributed by atoms with E-state index in [2.05, 4.69) is 10.2 Å². The molecule has 0 radical (unpaired) electrons. The molecule has 21 heavy (non-hydrogen) atoms. The summed E-state index contributed by atoms with van der Waals surface area (Å²) in [6, 6.07) is 0. The van der Waals surface area contributed by atoms with Crippen LogP contribution in [0.3, 0.4) is 0 Å². The fourth-order valence-electron chi connectivity index (χ4n) is 2.59. The molecular formula is C12H20N4O4S. The fraction of sp³-hybridized carbons (Fsp3) is 0.667. The van der Waals surface area contributed by atoms with E-state index in [1.165, 1.54) is 4.31 Å². The summed E-state index contributed by atoms with van der Waals surface area (Å²) in [5.41, 5.74) is 0.985. The Labute approximate surface area is 123 Å². The second-order valence-corrected chi connectivity index (χ2v) is 7.07. The Kier molecular flexibility index (Phi) is 4.64. The fourth-order valence-corrected chi connectivity index (χ4v) is 4.39. The van der Waals surface area contributed by atoms with Gasteiger partial charge in [-0.2, -0.15) is 9.40 Å².